The maximum Gasteiger partial charge on any atom is 0.251 e. The lowest BCUT2D eigenvalue weighted by Gasteiger charge is -2.39. The summed E-state index contributed by atoms with van der Waals surface area (Å²) in [6, 6.07) is -0.0168. The number of hydrogen-bond acceptors (Lipinski definition) is 3. The molecule has 0 aromatic heterocycles. The number of hydrogen-bond donors (Lipinski definition) is 1. The van der Waals surface area contributed by atoms with E-state index in [1.807, 2.05) is 11.8 Å². The number of carbonyl (C=O) groups is 2. The van der Waals surface area contributed by atoms with E-state index in [1.54, 1.807) is 4.90 Å². The highest BCUT2D eigenvalue weighted by molar-refractivity contribution is 5.81. The number of halogens is 2. The van der Waals surface area contributed by atoms with Crippen LogP contribution in [0, 0.1) is 5.92 Å². The fourth-order valence-corrected chi connectivity index (χ4v) is 3.78. The third-order valence-corrected chi connectivity index (χ3v) is 5.04. The number of rotatable bonds is 6. The molecule has 138 valence electrons. The van der Waals surface area contributed by atoms with Crippen molar-refractivity contribution >= 4 is 11.8 Å². The minimum atomic E-state index is -2.32. The second-order valence-corrected chi connectivity index (χ2v) is 6.80. The van der Waals surface area contributed by atoms with E-state index in [0.717, 1.165) is 19.3 Å². The summed E-state index contributed by atoms with van der Waals surface area (Å²) in [6.07, 6.45) is 2.20. The Morgan fingerprint density at radius 1 is 1.12 bits per heavy atom. The molecule has 2 aliphatic heterocycles. The van der Waals surface area contributed by atoms with E-state index in [-0.39, 0.29) is 30.3 Å². The molecule has 5 nitrogen and oxygen atoms in total. The molecule has 2 amide bonds. The van der Waals surface area contributed by atoms with Gasteiger partial charge in [0, 0.05) is 31.5 Å². The second-order valence-electron chi connectivity index (χ2n) is 6.80. The molecule has 2 aliphatic rings. The van der Waals surface area contributed by atoms with E-state index in [0.29, 0.717) is 45.4 Å². The third-order valence-electron chi connectivity index (χ3n) is 5.04. The van der Waals surface area contributed by atoms with Crippen LogP contribution in [0.1, 0.15) is 45.4 Å². The molecule has 2 fully saturated rings. The molecular weight excluding hydrogens is 316 g/mol. The molecule has 2 rings (SSSR count). The molecule has 7 heteroatoms. The van der Waals surface area contributed by atoms with E-state index < -0.39 is 6.43 Å². The fourth-order valence-electron chi connectivity index (χ4n) is 3.78. The molecule has 0 bridgehead atoms. The lowest BCUT2D eigenvalue weighted by atomic mass is 9.91. The number of piperidine rings is 2. The topological polar surface area (TPSA) is 52.7 Å². The highest BCUT2D eigenvalue weighted by Gasteiger charge is 2.34. The van der Waals surface area contributed by atoms with E-state index >= 15 is 0 Å². The van der Waals surface area contributed by atoms with Crippen LogP contribution >= 0.6 is 0 Å². The van der Waals surface area contributed by atoms with Gasteiger partial charge in [-0.2, -0.15) is 0 Å². The summed E-state index contributed by atoms with van der Waals surface area (Å²) < 4.78 is 24.9. The molecule has 1 N–H and O–H groups in total. The number of likely N-dealkylation sites (tertiary alicyclic amines) is 2. The first kappa shape index (κ1) is 19.1. The van der Waals surface area contributed by atoms with Gasteiger partial charge in [0.15, 0.2) is 0 Å². The van der Waals surface area contributed by atoms with Crippen LogP contribution in [0.5, 0.6) is 0 Å². The molecule has 2 heterocycles. The molecule has 0 radical (unpaired) electrons. The summed E-state index contributed by atoms with van der Waals surface area (Å²) in [4.78, 5) is 28.3. The SMILES string of the molecule is CCNC(=O)CC1CCCCN1C(=O)C1CCN(CC(F)F)CC1. The van der Waals surface area contributed by atoms with Crippen LogP contribution in [0.2, 0.25) is 0 Å². The molecule has 0 saturated carbocycles. The van der Waals surface area contributed by atoms with Gasteiger partial charge in [-0.05, 0) is 52.1 Å². The molecule has 1 unspecified atom stereocenters. The number of carbonyl (C=O) groups excluding carboxylic acids is 2. The highest BCUT2D eigenvalue weighted by atomic mass is 19.3. The van der Waals surface area contributed by atoms with Crippen LogP contribution in [0.4, 0.5) is 8.78 Å². The lowest BCUT2D eigenvalue weighted by molar-refractivity contribution is -0.142. The Labute approximate surface area is 142 Å². The molecule has 0 aromatic carbocycles. The van der Waals surface area contributed by atoms with E-state index in [4.69, 9.17) is 0 Å². The average molecular weight is 345 g/mol. The first-order chi connectivity index (χ1) is 11.5. The van der Waals surface area contributed by atoms with Gasteiger partial charge in [-0.25, -0.2) is 8.78 Å². The zero-order valence-corrected chi connectivity index (χ0v) is 14.5. The minimum Gasteiger partial charge on any atom is -0.356 e. The monoisotopic (exact) mass is 345 g/mol. The first-order valence-corrected chi connectivity index (χ1v) is 9.09. The van der Waals surface area contributed by atoms with Crippen molar-refractivity contribution in [1.29, 1.82) is 0 Å². The van der Waals surface area contributed by atoms with Crippen LogP contribution < -0.4 is 5.32 Å². The highest BCUT2D eigenvalue weighted by Crippen LogP contribution is 2.26. The van der Waals surface area contributed by atoms with Crippen molar-refractivity contribution in [2.24, 2.45) is 5.92 Å². The lowest BCUT2D eigenvalue weighted by Crippen LogP contribution is -2.50. The minimum absolute atomic E-state index is 0.00560. The van der Waals surface area contributed by atoms with Gasteiger partial charge in [-0.3, -0.25) is 14.5 Å². The van der Waals surface area contributed by atoms with Gasteiger partial charge in [0.2, 0.25) is 11.8 Å². The Hall–Kier alpha value is -1.24. The first-order valence-electron chi connectivity index (χ1n) is 9.09. The zero-order valence-electron chi connectivity index (χ0n) is 14.5. The van der Waals surface area contributed by atoms with E-state index in [2.05, 4.69) is 5.32 Å². The maximum atomic E-state index is 12.9. The van der Waals surface area contributed by atoms with Gasteiger partial charge in [-0.15, -0.1) is 0 Å². The summed E-state index contributed by atoms with van der Waals surface area (Å²) in [5.74, 6) is 0.0170. The Morgan fingerprint density at radius 3 is 2.46 bits per heavy atom. The van der Waals surface area contributed by atoms with Crippen molar-refractivity contribution in [2.75, 3.05) is 32.7 Å². The normalized spacial score (nSPS) is 23.5. The van der Waals surface area contributed by atoms with Crippen molar-refractivity contribution in [3.05, 3.63) is 0 Å². The van der Waals surface area contributed by atoms with E-state index in [9.17, 15) is 18.4 Å². The van der Waals surface area contributed by atoms with Crippen LogP contribution in [0.3, 0.4) is 0 Å². The van der Waals surface area contributed by atoms with Crippen molar-refractivity contribution in [2.45, 2.75) is 57.9 Å². The standard InChI is InChI=1S/C17H29F2N3O2/c1-2-20-16(23)11-14-5-3-4-8-22(14)17(24)13-6-9-21(10-7-13)12-15(18)19/h13-15H,2-12H2,1H3,(H,20,23). The molecule has 0 aliphatic carbocycles. The summed E-state index contributed by atoms with van der Waals surface area (Å²) in [6.45, 7) is 4.09. The van der Waals surface area contributed by atoms with Crippen molar-refractivity contribution in [3.8, 4) is 0 Å². The molecule has 2 saturated heterocycles. The Balaban J connectivity index is 1.88. The molecule has 24 heavy (non-hydrogen) atoms. The summed E-state index contributed by atoms with van der Waals surface area (Å²) in [5.41, 5.74) is 0. The quantitative estimate of drug-likeness (QED) is 0.800. The van der Waals surface area contributed by atoms with Crippen LogP contribution in [-0.2, 0) is 9.59 Å². The smallest absolute Gasteiger partial charge is 0.251 e. The zero-order chi connectivity index (χ0) is 17.5. The van der Waals surface area contributed by atoms with Gasteiger partial charge in [-0.1, -0.05) is 0 Å². The van der Waals surface area contributed by atoms with Crippen LogP contribution in [-0.4, -0.2) is 66.8 Å². The molecule has 0 aromatic rings. The molecule has 1 atom stereocenters. The average Bonchev–Trinajstić information content (AvgIpc) is 2.55. The van der Waals surface area contributed by atoms with Crippen molar-refractivity contribution in [3.63, 3.8) is 0 Å². The van der Waals surface area contributed by atoms with Gasteiger partial charge < -0.3 is 10.2 Å². The summed E-state index contributed by atoms with van der Waals surface area (Å²) in [7, 11) is 0. The maximum absolute atomic E-state index is 12.9. The van der Waals surface area contributed by atoms with Gasteiger partial charge in [0.25, 0.3) is 6.43 Å². The number of nitrogens with one attached hydrogen (secondary N) is 1. The molecular formula is C17H29F2N3O2. The van der Waals surface area contributed by atoms with Crippen LogP contribution in [0.25, 0.3) is 0 Å². The van der Waals surface area contributed by atoms with Crippen molar-refractivity contribution < 1.29 is 18.4 Å². The van der Waals surface area contributed by atoms with E-state index in [1.165, 1.54) is 0 Å². The van der Waals surface area contributed by atoms with Gasteiger partial charge >= 0.3 is 0 Å². The van der Waals surface area contributed by atoms with Gasteiger partial charge in [0.05, 0.1) is 6.54 Å². The third kappa shape index (κ3) is 5.40. The summed E-state index contributed by atoms with van der Waals surface area (Å²) >= 11 is 0. The number of amides is 2. The largest absolute Gasteiger partial charge is 0.356 e. The Morgan fingerprint density at radius 2 is 1.83 bits per heavy atom. The Bertz CT molecular complexity index is 426. The van der Waals surface area contributed by atoms with Crippen molar-refractivity contribution in [1.82, 2.24) is 15.1 Å². The predicted octanol–water partition coefficient (Wildman–Crippen LogP) is 1.87. The molecule has 0 spiro atoms. The number of nitrogens with zero attached hydrogens (tertiary/aromatic N) is 2. The van der Waals surface area contributed by atoms with Gasteiger partial charge in [0.1, 0.15) is 0 Å². The predicted molar refractivity (Wildman–Crippen MR) is 87.8 cm³/mol. The second kappa shape index (κ2) is 9.30. The number of alkyl halides is 2. The summed E-state index contributed by atoms with van der Waals surface area (Å²) in [5, 5.41) is 2.80. The fraction of sp³-hybridized carbons (Fsp3) is 0.882. The van der Waals surface area contributed by atoms with Crippen LogP contribution in [0.15, 0.2) is 0 Å². The Kier molecular flexibility index (Phi) is 7.40.